The maximum absolute atomic E-state index is 11.9. The number of carbonyl (C=O) groups is 1. The lowest BCUT2D eigenvalue weighted by molar-refractivity contribution is 0.0927. The number of hydrogen-bond donors (Lipinski definition) is 1. The van der Waals surface area contributed by atoms with Gasteiger partial charge >= 0.3 is 0 Å². The average Bonchev–Trinajstić information content (AvgIpc) is 2.77. The van der Waals surface area contributed by atoms with Gasteiger partial charge in [-0.2, -0.15) is 0 Å². The summed E-state index contributed by atoms with van der Waals surface area (Å²) in [5.74, 6) is 0.198. The molecule has 0 spiro atoms. The zero-order valence-corrected chi connectivity index (χ0v) is 12.7. The number of halogens is 1. The minimum absolute atomic E-state index is 0.161. The Bertz CT molecular complexity index is 578. The monoisotopic (exact) mass is 324 g/mol. The molecule has 2 rings (SSSR count). The van der Waals surface area contributed by atoms with Crippen LogP contribution < -0.4 is 5.32 Å². The molecule has 1 aromatic carbocycles. The summed E-state index contributed by atoms with van der Waals surface area (Å²) in [6.07, 6.45) is 0.921. The van der Waals surface area contributed by atoms with Crippen LogP contribution in [0, 0.1) is 0 Å². The van der Waals surface area contributed by atoms with E-state index in [1.54, 1.807) is 6.07 Å². The van der Waals surface area contributed by atoms with E-state index in [0.717, 1.165) is 22.8 Å². The van der Waals surface area contributed by atoms with Crippen molar-refractivity contribution < 1.29 is 9.21 Å². The molecule has 0 bridgehead atoms. The molecule has 0 saturated carbocycles. The van der Waals surface area contributed by atoms with E-state index in [-0.39, 0.29) is 5.91 Å². The van der Waals surface area contributed by atoms with Crippen LogP contribution in [0.5, 0.6) is 0 Å². The highest BCUT2D eigenvalue weighted by molar-refractivity contribution is 9.10. The van der Waals surface area contributed by atoms with Crippen molar-refractivity contribution in [3.63, 3.8) is 0 Å². The first kappa shape index (κ1) is 14.1. The lowest BCUT2D eigenvalue weighted by atomic mass is 10.2. The fourth-order valence-corrected chi connectivity index (χ4v) is 2.14. The molecule has 1 amide bonds. The van der Waals surface area contributed by atoms with E-state index in [1.807, 2.05) is 32.3 Å². The van der Waals surface area contributed by atoms with E-state index >= 15 is 0 Å². The summed E-state index contributed by atoms with van der Waals surface area (Å²) in [4.78, 5) is 14.0. The van der Waals surface area contributed by atoms with Gasteiger partial charge < -0.3 is 14.6 Å². The number of nitrogens with one attached hydrogen (secondary N) is 1. The van der Waals surface area contributed by atoms with Gasteiger partial charge in [0.2, 0.25) is 0 Å². The van der Waals surface area contributed by atoms with Gasteiger partial charge in [-0.1, -0.05) is 15.9 Å². The summed E-state index contributed by atoms with van der Waals surface area (Å²) in [6.45, 7) is 1.60. The van der Waals surface area contributed by atoms with Gasteiger partial charge in [0, 0.05) is 16.4 Å². The predicted molar refractivity (Wildman–Crippen MR) is 79.4 cm³/mol. The van der Waals surface area contributed by atoms with E-state index < -0.39 is 0 Å². The molecule has 4 nitrogen and oxygen atoms in total. The molecule has 0 aliphatic carbocycles. The van der Waals surface area contributed by atoms with E-state index in [0.29, 0.717) is 17.9 Å². The second kappa shape index (κ2) is 6.21. The molecule has 0 unspecified atom stereocenters. The van der Waals surface area contributed by atoms with Gasteiger partial charge in [0.1, 0.15) is 5.58 Å². The number of benzene rings is 1. The maximum Gasteiger partial charge on any atom is 0.287 e. The summed E-state index contributed by atoms with van der Waals surface area (Å²) < 4.78 is 6.47. The van der Waals surface area contributed by atoms with Gasteiger partial charge in [-0.15, -0.1) is 0 Å². The Kier molecular flexibility index (Phi) is 4.61. The van der Waals surface area contributed by atoms with Gasteiger partial charge in [-0.05, 0) is 51.3 Å². The standard InChI is InChI=1S/C14H17BrN2O2/c1-17(2)7-3-6-16-14(18)13-8-10-4-5-11(15)9-12(10)19-13/h4-5,8-9H,3,6-7H2,1-2H3,(H,16,18). The van der Waals surface area contributed by atoms with Crippen molar-refractivity contribution in [3.8, 4) is 0 Å². The topological polar surface area (TPSA) is 45.5 Å². The molecular weight excluding hydrogens is 308 g/mol. The molecule has 0 aliphatic heterocycles. The van der Waals surface area contributed by atoms with E-state index in [4.69, 9.17) is 4.42 Å². The number of rotatable bonds is 5. The third-order valence-corrected chi connectivity index (χ3v) is 3.27. The van der Waals surface area contributed by atoms with Crippen molar-refractivity contribution >= 4 is 32.8 Å². The van der Waals surface area contributed by atoms with Crippen LogP contribution in [0.3, 0.4) is 0 Å². The minimum atomic E-state index is -0.161. The molecule has 2 aromatic rings. The van der Waals surface area contributed by atoms with Crippen LogP contribution in [-0.2, 0) is 0 Å². The Labute approximate surface area is 120 Å². The molecule has 1 N–H and O–H groups in total. The molecule has 0 radical (unpaired) electrons. The van der Waals surface area contributed by atoms with Crippen molar-refractivity contribution in [1.29, 1.82) is 0 Å². The molecule has 102 valence electrons. The SMILES string of the molecule is CN(C)CCCNC(=O)c1cc2ccc(Br)cc2o1. The Morgan fingerprint density at radius 3 is 2.89 bits per heavy atom. The van der Waals surface area contributed by atoms with Crippen LogP contribution in [0.25, 0.3) is 11.0 Å². The molecule has 0 atom stereocenters. The predicted octanol–water partition coefficient (Wildman–Crippen LogP) is 2.88. The zero-order chi connectivity index (χ0) is 13.8. The van der Waals surface area contributed by atoms with Crippen molar-refractivity contribution in [2.75, 3.05) is 27.2 Å². The number of carbonyl (C=O) groups excluding carboxylic acids is 1. The van der Waals surface area contributed by atoms with Crippen LogP contribution in [0.4, 0.5) is 0 Å². The Morgan fingerprint density at radius 1 is 1.37 bits per heavy atom. The van der Waals surface area contributed by atoms with Gasteiger partial charge in [0.15, 0.2) is 5.76 Å². The molecule has 0 fully saturated rings. The minimum Gasteiger partial charge on any atom is -0.451 e. The Morgan fingerprint density at radius 2 is 2.16 bits per heavy atom. The normalized spacial score (nSPS) is 11.2. The third-order valence-electron chi connectivity index (χ3n) is 2.77. The lowest BCUT2D eigenvalue weighted by Gasteiger charge is -2.08. The van der Waals surface area contributed by atoms with E-state index in [9.17, 15) is 4.79 Å². The second-order valence-corrected chi connectivity index (χ2v) is 5.62. The van der Waals surface area contributed by atoms with Crippen LogP contribution in [0.1, 0.15) is 17.0 Å². The van der Waals surface area contributed by atoms with Crippen LogP contribution in [0.15, 0.2) is 33.2 Å². The molecule has 1 heterocycles. The van der Waals surface area contributed by atoms with E-state index in [1.165, 1.54) is 0 Å². The number of fused-ring (bicyclic) bond motifs is 1. The van der Waals surface area contributed by atoms with Crippen LogP contribution >= 0.6 is 15.9 Å². The highest BCUT2D eigenvalue weighted by Crippen LogP contribution is 2.23. The molecule has 0 saturated heterocycles. The summed E-state index contributed by atoms with van der Waals surface area (Å²) in [5.41, 5.74) is 0.716. The highest BCUT2D eigenvalue weighted by Gasteiger charge is 2.11. The number of amides is 1. The molecule has 19 heavy (non-hydrogen) atoms. The van der Waals surface area contributed by atoms with Gasteiger partial charge in [-0.3, -0.25) is 4.79 Å². The van der Waals surface area contributed by atoms with Crippen LogP contribution in [0.2, 0.25) is 0 Å². The smallest absolute Gasteiger partial charge is 0.287 e. The number of furan rings is 1. The van der Waals surface area contributed by atoms with Crippen LogP contribution in [-0.4, -0.2) is 38.0 Å². The quantitative estimate of drug-likeness (QED) is 0.860. The number of hydrogen-bond acceptors (Lipinski definition) is 3. The van der Waals surface area contributed by atoms with Gasteiger partial charge in [0.05, 0.1) is 0 Å². The lowest BCUT2D eigenvalue weighted by Crippen LogP contribution is -2.26. The van der Waals surface area contributed by atoms with Crippen molar-refractivity contribution in [2.24, 2.45) is 0 Å². The summed E-state index contributed by atoms with van der Waals surface area (Å²) in [5, 5.41) is 3.79. The van der Waals surface area contributed by atoms with Crippen molar-refractivity contribution in [2.45, 2.75) is 6.42 Å². The zero-order valence-electron chi connectivity index (χ0n) is 11.1. The first-order valence-electron chi connectivity index (χ1n) is 6.18. The van der Waals surface area contributed by atoms with Crippen molar-refractivity contribution in [1.82, 2.24) is 10.2 Å². The molecule has 0 aliphatic rings. The number of nitrogens with zero attached hydrogens (tertiary/aromatic N) is 1. The highest BCUT2D eigenvalue weighted by atomic mass is 79.9. The Balaban J connectivity index is 1.97. The summed E-state index contributed by atoms with van der Waals surface area (Å²) >= 11 is 3.38. The average molecular weight is 325 g/mol. The summed E-state index contributed by atoms with van der Waals surface area (Å²) in [6, 6.07) is 7.48. The van der Waals surface area contributed by atoms with Gasteiger partial charge in [-0.25, -0.2) is 0 Å². The summed E-state index contributed by atoms with van der Waals surface area (Å²) in [7, 11) is 4.03. The van der Waals surface area contributed by atoms with Gasteiger partial charge in [0.25, 0.3) is 5.91 Å². The Hall–Kier alpha value is -1.33. The fourth-order valence-electron chi connectivity index (χ4n) is 1.80. The molecule has 1 aromatic heterocycles. The largest absolute Gasteiger partial charge is 0.451 e. The first-order valence-corrected chi connectivity index (χ1v) is 6.97. The fraction of sp³-hybridized carbons (Fsp3) is 0.357. The molecular formula is C14H17BrN2O2. The third kappa shape index (κ3) is 3.81. The first-order chi connectivity index (χ1) is 9.06. The van der Waals surface area contributed by atoms with Crippen molar-refractivity contribution in [3.05, 3.63) is 34.5 Å². The maximum atomic E-state index is 11.9. The van der Waals surface area contributed by atoms with E-state index in [2.05, 4.69) is 26.1 Å². The molecule has 5 heteroatoms. The second-order valence-electron chi connectivity index (χ2n) is 4.71.